The van der Waals surface area contributed by atoms with Gasteiger partial charge in [-0.2, -0.15) is 0 Å². The third-order valence-electron chi connectivity index (χ3n) is 2.36. The summed E-state index contributed by atoms with van der Waals surface area (Å²) < 4.78 is 13.1. The number of aromatic hydroxyl groups is 2. The summed E-state index contributed by atoms with van der Waals surface area (Å²) >= 11 is 5.66. The van der Waals surface area contributed by atoms with E-state index in [1.807, 2.05) is 0 Å². The molecule has 2 aromatic rings. The lowest BCUT2D eigenvalue weighted by atomic mass is 10.2. The van der Waals surface area contributed by atoms with E-state index in [9.17, 15) is 14.3 Å². The Kier molecular flexibility index (Phi) is 3.57. The first-order chi connectivity index (χ1) is 8.95. The summed E-state index contributed by atoms with van der Waals surface area (Å²) in [6.45, 7) is 0. The molecule has 0 aromatic heterocycles. The van der Waals surface area contributed by atoms with Crippen molar-refractivity contribution in [2.75, 3.05) is 5.32 Å². The molecule has 0 heterocycles. The topological polar surface area (TPSA) is 69.6 Å². The van der Waals surface area contributed by atoms with Crippen molar-refractivity contribution in [3.63, 3.8) is 0 Å². The molecule has 1 amide bonds. The molecule has 3 N–H and O–H groups in total. The molecule has 2 rings (SSSR count). The van der Waals surface area contributed by atoms with E-state index in [0.717, 1.165) is 18.2 Å². The van der Waals surface area contributed by atoms with Gasteiger partial charge in [-0.3, -0.25) is 4.79 Å². The van der Waals surface area contributed by atoms with Gasteiger partial charge in [0.25, 0.3) is 5.91 Å². The van der Waals surface area contributed by atoms with Crippen LogP contribution in [0.3, 0.4) is 0 Å². The Labute approximate surface area is 113 Å². The van der Waals surface area contributed by atoms with Crippen LogP contribution in [-0.2, 0) is 0 Å². The van der Waals surface area contributed by atoms with Gasteiger partial charge in [0.1, 0.15) is 5.82 Å². The van der Waals surface area contributed by atoms with E-state index in [-0.39, 0.29) is 22.0 Å². The number of carbonyl (C=O) groups excluding carboxylic acids is 1. The summed E-state index contributed by atoms with van der Waals surface area (Å²) in [4.78, 5) is 11.8. The molecule has 6 heteroatoms. The van der Waals surface area contributed by atoms with Gasteiger partial charge in [-0.25, -0.2) is 4.39 Å². The predicted molar refractivity (Wildman–Crippen MR) is 69.1 cm³/mol. The van der Waals surface area contributed by atoms with Gasteiger partial charge < -0.3 is 15.5 Å². The van der Waals surface area contributed by atoms with Gasteiger partial charge >= 0.3 is 0 Å². The fourth-order valence-electron chi connectivity index (χ4n) is 1.49. The molecule has 0 saturated carbocycles. The van der Waals surface area contributed by atoms with Gasteiger partial charge in [0.15, 0.2) is 11.5 Å². The lowest BCUT2D eigenvalue weighted by molar-refractivity contribution is 0.102. The van der Waals surface area contributed by atoms with Crippen LogP contribution in [0, 0.1) is 5.82 Å². The molecule has 0 aliphatic rings. The third-order valence-corrected chi connectivity index (χ3v) is 2.58. The second kappa shape index (κ2) is 5.16. The van der Waals surface area contributed by atoms with Crippen LogP contribution in [-0.4, -0.2) is 16.1 Å². The summed E-state index contributed by atoms with van der Waals surface area (Å²) in [6, 6.07) is 7.23. The van der Waals surface area contributed by atoms with Crippen molar-refractivity contribution in [2.45, 2.75) is 0 Å². The quantitative estimate of drug-likeness (QED) is 0.741. The Bertz CT molecular complexity index is 626. The van der Waals surface area contributed by atoms with Crippen molar-refractivity contribution < 1.29 is 19.4 Å². The highest BCUT2D eigenvalue weighted by Gasteiger charge is 2.10. The number of anilines is 1. The van der Waals surface area contributed by atoms with Crippen LogP contribution in [0.15, 0.2) is 36.4 Å². The number of phenolic OH excluding ortho intramolecular Hbond substituents is 2. The van der Waals surface area contributed by atoms with E-state index < -0.39 is 17.5 Å². The lowest BCUT2D eigenvalue weighted by Crippen LogP contribution is -2.11. The Morgan fingerprint density at radius 1 is 1.11 bits per heavy atom. The van der Waals surface area contributed by atoms with E-state index in [1.54, 1.807) is 0 Å². The van der Waals surface area contributed by atoms with Gasteiger partial charge in [0, 0.05) is 16.3 Å². The SMILES string of the molecule is O=C(Nc1cc(F)cc(Cl)c1)c1ccc(O)c(O)c1. The monoisotopic (exact) mass is 281 g/mol. The summed E-state index contributed by atoms with van der Waals surface area (Å²) in [5.74, 6) is -1.87. The number of amides is 1. The van der Waals surface area contributed by atoms with E-state index in [4.69, 9.17) is 16.7 Å². The summed E-state index contributed by atoms with van der Waals surface area (Å²) in [7, 11) is 0. The minimum atomic E-state index is -0.573. The summed E-state index contributed by atoms with van der Waals surface area (Å²) in [5.41, 5.74) is 0.318. The molecule has 19 heavy (non-hydrogen) atoms. The van der Waals surface area contributed by atoms with Crippen molar-refractivity contribution in [1.29, 1.82) is 0 Å². The second-order valence-electron chi connectivity index (χ2n) is 3.82. The molecule has 0 spiro atoms. The second-order valence-corrected chi connectivity index (χ2v) is 4.25. The molecule has 0 atom stereocenters. The maximum atomic E-state index is 13.1. The molecule has 0 aliphatic carbocycles. The average molecular weight is 282 g/mol. The fraction of sp³-hybridized carbons (Fsp3) is 0. The highest BCUT2D eigenvalue weighted by molar-refractivity contribution is 6.31. The third kappa shape index (κ3) is 3.14. The first-order valence-corrected chi connectivity index (χ1v) is 5.63. The molecule has 98 valence electrons. The van der Waals surface area contributed by atoms with E-state index >= 15 is 0 Å². The van der Waals surface area contributed by atoms with Crippen LogP contribution in [0.25, 0.3) is 0 Å². The minimum Gasteiger partial charge on any atom is -0.504 e. The largest absolute Gasteiger partial charge is 0.504 e. The van der Waals surface area contributed by atoms with E-state index in [1.165, 1.54) is 18.2 Å². The van der Waals surface area contributed by atoms with Gasteiger partial charge in [0.05, 0.1) is 0 Å². The molecule has 0 aliphatic heterocycles. The number of halogens is 2. The molecule has 0 radical (unpaired) electrons. The van der Waals surface area contributed by atoms with Crippen molar-refractivity contribution in [3.05, 3.63) is 52.8 Å². The molecule has 4 nitrogen and oxygen atoms in total. The Hall–Kier alpha value is -2.27. The van der Waals surface area contributed by atoms with Gasteiger partial charge in [-0.1, -0.05) is 11.6 Å². The van der Waals surface area contributed by atoms with Crippen LogP contribution in [0.1, 0.15) is 10.4 Å². The molecule has 0 saturated heterocycles. The molecule has 2 aromatic carbocycles. The van der Waals surface area contributed by atoms with Crippen LogP contribution < -0.4 is 5.32 Å². The summed E-state index contributed by atoms with van der Waals surface area (Å²) in [5, 5.41) is 21.0. The first-order valence-electron chi connectivity index (χ1n) is 5.25. The van der Waals surface area contributed by atoms with E-state index in [0.29, 0.717) is 0 Å². The van der Waals surface area contributed by atoms with Crippen LogP contribution in [0.2, 0.25) is 5.02 Å². The van der Waals surface area contributed by atoms with Crippen LogP contribution >= 0.6 is 11.6 Å². The number of carbonyl (C=O) groups is 1. The smallest absolute Gasteiger partial charge is 0.255 e. The number of hydrogen-bond acceptors (Lipinski definition) is 3. The van der Waals surface area contributed by atoms with E-state index in [2.05, 4.69) is 5.32 Å². The number of phenols is 2. The van der Waals surface area contributed by atoms with Crippen molar-refractivity contribution in [2.24, 2.45) is 0 Å². The lowest BCUT2D eigenvalue weighted by Gasteiger charge is -2.07. The number of nitrogens with one attached hydrogen (secondary N) is 1. The highest BCUT2D eigenvalue weighted by Crippen LogP contribution is 2.25. The average Bonchev–Trinajstić information content (AvgIpc) is 2.31. The molecule has 0 unspecified atom stereocenters. The maximum absolute atomic E-state index is 13.1. The molecule has 0 fully saturated rings. The van der Waals surface area contributed by atoms with Crippen LogP contribution in [0.5, 0.6) is 11.5 Å². The fourth-order valence-corrected chi connectivity index (χ4v) is 1.72. The standard InChI is InChI=1S/C13H9ClFNO3/c14-8-4-9(15)6-10(5-8)16-13(19)7-1-2-11(17)12(18)3-7/h1-6,17-18H,(H,16,19). The van der Waals surface area contributed by atoms with Crippen LogP contribution in [0.4, 0.5) is 10.1 Å². The van der Waals surface area contributed by atoms with Crippen molar-refractivity contribution in [1.82, 2.24) is 0 Å². The molecular weight excluding hydrogens is 273 g/mol. The molecular formula is C13H9ClFNO3. The van der Waals surface area contributed by atoms with Crippen molar-refractivity contribution in [3.8, 4) is 11.5 Å². The predicted octanol–water partition coefficient (Wildman–Crippen LogP) is 3.14. The molecule has 0 bridgehead atoms. The highest BCUT2D eigenvalue weighted by atomic mass is 35.5. The van der Waals surface area contributed by atoms with Gasteiger partial charge in [-0.15, -0.1) is 0 Å². The minimum absolute atomic E-state index is 0.121. The number of hydrogen-bond donors (Lipinski definition) is 3. The zero-order chi connectivity index (χ0) is 14.0. The van der Waals surface area contributed by atoms with Crippen molar-refractivity contribution >= 4 is 23.2 Å². The summed E-state index contributed by atoms with van der Waals surface area (Å²) in [6.07, 6.45) is 0. The normalized spacial score (nSPS) is 10.2. The number of rotatable bonds is 2. The zero-order valence-electron chi connectivity index (χ0n) is 9.52. The Morgan fingerprint density at radius 3 is 2.47 bits per heavy atom. The Balaban J connectivity index is 2.22. The zero-order valence-corrected chi connectivity index (χ0v) is 10.3. The maximum Gasteiger partial charge on any atom is 0.255 e. The van der Waals surface area contributed by atoms with Gasteiger partial charge in [-0.05, 0) is 36.4 Å². The van der Waals surface area contributed by atoms with Gasteiger partial charge in [0.2, 0.25) is 0 Å². The number of benzene rings is 2. The first kappa shape index (κ1) is 13.2. The Morgan fingerprint density at radius 2 is 1.84 bits per heavy atom.